The topological polar surface area (TPSA) is 0 Å². The van der Waals surface area contributed by atoms with Gasteiger partial charge in [0.05, 0.1) is 0 Å². The number of benzene rings is 6. The quantitative estimate of drug-likeness (QED) is 0.121. The van der Waals surface area contributed by atoms with Crippen molar-refractivity contribution in [1.29, 1.82) is 0 Å². The Balaban J connectivity index is 1.25. The van der Waals surface area contributed by atoms with Gasteiger partial charge in [-0.3, -0.25) is 0 Å². The average Bonchev–Trinajstić information content (AvgIpc) is 4.12. The van der Waals surface area contributed by atoms with E-state index in [0.29, 0.717) is 7.25 Å². The summed E-state index contributed by atoms with van der Waals surface area (Å²) in [4.78, 5) is 0. The summed E-state index contributed by atoms with van der Waals surface area (Å²) in [5, 5.41) is 0. The number of fused-ring (bicyclic) bond motifs is 2. The van der Waals surface area contributed by atoms with Gasteiger partial charge in [0.15, 0.2) is 0 Å². The van der Waals surface area contributed by atoms with Crippen LogP contribution in [0.3, 0.4) is 0 Å². The standard InChI is InChI=1S/2C27H25.2CH3.H2Si.Zr/c2*1-18-3-9-22(10-4-18)24-13-14-25(23-11-5-19(2)6-12-23)27-17-21(16-26(24)27)15-20-7-8-20;;;;/h2*3-6,9-14,16-17,20H,7-8,15H2,1-2H3;2*1H3;1H2;. The summed E-state index contributed by atoms with van der Waals surface area (Å²) in [5.74, 6) is 1.63. The molecule has 6 aromatic carbocycles. The van der Waals surface area contributed by atoms with Crippen LogP contribution in [0, 0.1) is 39.5 Å². The first-order valence-corrected chi connectivity index (χ1v) is 35.7. The van der Waals surface area contributed by atoms with E-state index in [0.717, 1.165) is 11.8 Å². The number of rotatable bonds is 10. The summed E-state index contributed by atoms with van der Waals surface area (Å²) in [7, 11) is 0. The molecule has 10 rings (SSSR count). The molecule has 6 aromatic rings. The fourth-order valence-electron chi connectivity index (χ4n) is 11.1. The second-order valence-electron chi connectivity index (χ2n) is 20.0. The van der Waals surface area contributed by atoms with Crippen molar-refractivity contribution < 1.29 is 17.4 Å². The van der Waals surface area contributed by atoms with Gasteiger partial charge in [-0.25, -0.2) is 0 Å². The van der Waals surface area contributed by atoms with Crippen molar-refractivity contribution in [2.24, 2.45) is 11.8 Å². The van der Waals surface area contributed by atoms with Gasteiger partial charge in [0, 0.05) is 0 Å². The van der Waals surface area contributed by atoms with Gasteiger partial charge >= 0.3 is 352 Å². The normalized spacial score (nSPS) is 18.8. The Labute approximate surface area is 350 Å². The molecule has 0 aliphatic heterocycles. The molecule has 0 aromatic heterocycles. The summed E-state index contributed by atoms with van der Waals surface area (Å²) in [6.45, 7) is 11.4. The van der Waals surface area contributed by atoms with E-state index in [1.54, 1.807) is 22.3 Å². The van der Waals surface area contributed by atoms with Crippen molar-refractivity contribution in [3.8, 4) is 44.5 Å². The second-order valence-corrected chi connectivity index (χ2v) is 50.4. The van der Waals surface area contributed by atoms with Gasteiger partial charge in [-0.1, -0.05) is 0 Å². The molecule has 0 heterocycles. The Kier molecular flexibility index (Phi) is 9.38. The average molecular weight is 850 g/mol. The fourth-order valence-corrected chi connectivity index (χ4v) is 30.6. The zero-order valence-electron chi connectivity index (χ0n) is 35.5. The molecule has 4 aliphatic rings. The molecule has 0 radical (unpaired) electrons. The maximum absolute atomic E-state index is 4.12. The molecule has 290 valence electrons. The van der Waals surface area contributed by atoms with Crippen molar-refractivity contribution >= 4 is 19.0 Å². The Hall–Kier alpha value is -4.10. The minimum atomic E-state index is -4.12. The molecule has 0 bridgehead atoms. The molecule has 0 N–H and O–H groups in total. The van der Waals surface area contributed by atoms with Crippen LogP contribution in [0.1, 0.15) is 90.3 Å². The molecule has 2 atom stereocenters. The molecule has 2 unspecified atom stereocenters. The molecule has 2 saturated carbocycles. The zero-order valence-corrected chi connectivity index (χ0v) is 39.3. The predicted molar refractivity (Wildman–Crippen MR) is 250 cm³/mol. The van der Waals surface area contributed by atoms with E-state index >= 15 is 0 Å². The third-order valence-electron chi connectivity index (χ3n) is 14.3. The van der Waals surface area contributed by atoms with Crippen molar-refractivity contribution in [2.75, 3.05) is 0 Å². The Morgan fingerprint density at radius 3 is 0.983 bits per heavy atom. The van der Waals surface area contributed by atoms with Crippen molar-refractivity contribution in [1.82, 2.24) is 0 Å². The molecule has 58 heavy (non-hydrogen) atoms. The summed E-state index contributed by atoms with van der Waals surface area (Å²) in [6.07, 6.45) is 13.4. The summed E-state index contributed by atoms with van der Waals surface area (Å²) in [5.41, 5.74) is 26.1. The van der Waals surface area contributed by atoms with Crippen LogP contribution in [-0.4, -0.2) is 6.88 Å². The Bertz CT molecular complexity index is 2520. The van der Waals surface area contributed by atoms with Crippen molar-refractivity contribution in [3.05, 3.63) is 177 Å². The first-order chi connectivity index (χ1) is 27.9. The summed E-state index contributed by atoms with van der Waals surface area (Å²) in [6, 6.07) is 47.4. The molecule has 0 nitrogen and oxygen atoms in total. The van der Waals surface area contributed by atoms with Gasteiger partial charge in [-0.15, -0.1) is 0 Å². The Morgan fingerprint density at radius 2 is 0.690 bits per heavy atom. The predicted octanol–water partition coefficient (Wildman–Crippen LogP) is 15.1. The first-order valence-electron chi connectivity index (χ1n) is 22.0. The van der Waals surface area contributed by atoms with Crippen LogP contribution in [-0.2, 0) is 17.4 Å². The van der Waals surface area contributed by atoms with Crippen LogP contribution < -0.4 is 0 Å². The van der Waals surface area contributed by atoms with Crippen molar-refractivity contribution in [3.63, 3.8) is 0 Å². The number of aryl methyl sites for hydroxylation is 4. The molecule has 2 heteroatoms. The van der Waals surface area contributed by atoms with Gasteiger partial charge in [0.1, 0.15) is 0 Å². The van der Waals surface area contributed by atoms with Crippen molar-refractivity contribution in [2.45, 2.75) is 82.7 Å². The summed E-state index contributed by atoms with van der Waals surface area (Å²) >= 11 is -4.12. The van der Waals surface area contributed by atoms with Gasteiger partial charge in [0.2, 0.25) is 0 Å². The maximum atomic E-state index is 2.90. The van der Waals surface area contributed by atoms with Crippen LogP contribution in [0.5, 0.6) is 0 Å². The van der Waals surface area contributed by atoms with Crippen LogP contribution >= 0.6 is 0 Å². The molecule has 0 amide bonds. The third-order valence-corrected chi connectivity index (χ3v) is 31.7. The molecule has 0 saturated heterocycles. The number of hydrogen-bond donors (Lipinski definition) is 0. The van der Waals surface area contributed by atoms with Gasteiger partial charge < -0.3 is 0 Å². The SMILES string of the molecule is Cc1ccc(-c2ccc(-c3ccc(C)cc3)c3c2C=C(CC2CC2)[CH]3[Zr]([CH3])([CH3])(=[SiH2])[CH]2C(CC3CC3)=Cc3c(-c4ccc(C)cc4)ccc(-c4ccc(C)cc4)c32)cc1. The van der Waals surface area contributed by atoms with Crippen LogP contribution in [0.2, 0.25) is 9.26 Å². The molecular formula is C56H58SiZr. The monoisotopic (exact) mass is 848 g/mol. The van der Waals surface area contributed by atoms with E-state index in [9.17, 15) is 0 Å². The zero-order chi connectivity index (χ0) is 39.9. The molecule has 4 aliphatic carbocycles. The van der Waals surface area contributed by atoms with E-state index < -0.39 is 17.4 Å². The third kappa shape index (κ3) is 6.87. The van der Waals surface area contributed by atoms with E-state index in [1.165, 1.54) is 116 Å². The van der Waals surface area contributed by atoms with Gasteiger partial charge in [0.25, 0.3) is 0 Å². The molecular weight excluding hydrogens is 792 g/mol. The van der Waals surface area contributed by atoms with E-state index in [2.05, 4.69) is 177 Å². The van der Waals surface area contributed by atoms with Gasteiger partial charge in [-0.05, 0) is 0 Å². The fraction of sp³-hybridized carbons (Fsp3) is 0.286. The van der Waals surface area contributed by atoms with E-state index in [-0.39, 0.29) is 0 Å². The van der Waals surface area contributed by atoms with E-state index in [4.69, 9.17) is 0 Å². The number of hydrogen-bond acceptors (Lipinski definition) is 0. The van der Waals surface area contributed by atoms with Crippen LogP contribution in [0.4, 0.5) is 0 Å². The first kappa shape index (κ1) is 38.1. The van der Waals surface area contributed by atoms with E-state index in [1.807, 2.05) is 0 Å². The molecule has 0 spiro atoms. The minimum absolute atomic E-state index is 0.449. The van der Waals surface area contributed by atoms with Crippen LogP contribution in [0.15, 0.2) is 132 Å². The number of allylic oxidation sites excluding steroid dienone is 2. The second kappa shape index (κ2) is 14.3. The van der Waals surface area contributed by atoms with Gasteiger partial charge in [-0.2, -0.15) is 0 Å². The summed E-state index contributed by atoms with van der Waals surface area (Å²) < 4.78 is 6.69. The Morgan fingerprint density at radius 1 is 0.414 bits per heavy atom. The van der Waals surface area contributed by atoms with Crippen LogP contribution in [0.25, 0.3) is 56.7 Å². The molecule has 2 fully saturated rings.